The fourth-order valence-corrected chi connectivity index (χ4v) is 2.52. The molecule has 1 N–H and O–H groups in total. The molecule has 96 valence electrons. The van der Waals surface area contributed by atoms with E-state index in [1.165, 1.54) is 5.56 Å². The Morgan fingerprint density at radius 3 is 2.65 bits per heavy atom. The predicted octanol–water partition coefficient (Wildman–Crippen LogP) is 2.28. The molecule has 1 fully saturated rings. The highest BCUT2D eigenvalue weighted by Gasteiger charge is 2.10. The lowest BCUT2D eigenvalue weighted by atomic mass is 10.2. The third-order valence-electron chi connectivity index (χ3n) is 2.83. The molecule has 1 aromatic rings. The number of halogens is 2. The maximum Gasteiger partial charge on any atom is 0.133 e. The van der Waals surface area contributed by atoms with Crippen LogP contribution in [0.4, 0.5) is 0 Å². The summed E-state index contributed by atoms with van der Waals surface area (Å²) in [5.74, 6) is 0.893. The first-order valence-corrected chi connectivity index (χ1v) is 6.34. The molecule has 0 amide bonds. The predicted molar refractivity (Wildman–Crippen MR) is 76.1 cm³/mol. The quantitative estimate of drug-likeness (QED) is 0.924. The van der Waals surface area contributed by atoms with Crippen LogP contribution < -0.4 is 10.1 Å². The van der Waals surface area contributed by atoms with Gasteiger partial charge in [-0.1, -0.05) is 6.07 Å². The van der Waals surface area contributed by atoms with E-state index in [4.69, 9.17) is 4.74 Å². The van der Waals surface area contributed by atoms with E-state index < -0.39 is 0 Å². The van der Waals surface area contributed by atoms with Gasteiger partial charge in [0.25, 0.3) is 0 Å². The second kappa shape index (κ2) is 7.21. The van der Waals surface area contributed by atoms with E-state index in [-0.39, 0.29) is 12.4 Å². The number of nitrogens with zero attached hydrogens (tertiary/aromatic N) is 1. The van der Waals surface area contributed by atoms with Crippen molar-refractivity contribution in [1.29, 1.82) is 0 Å². The van der Waals surface area contributed by atoms with Gasteiger partial charge in [0.05, 0.1) is 11.6 Å². The average Bonchev–Trinajstić information content (AvgIpc) is 2.31. The number of nitrogens with one attached hydrogen (secondary N) is 1. The highest BCUT2D eigenvalue weighted by molar-refractivity contribution is 9.10. The van der Waals surface area contributed by atoms with Crippen molar-refractivity contribution in [3.8, 4) is 5.75 Å². The summed E-state index contributed by atoms with van der Waals surface area (Å²) in [7, 11) is 1.69. The van der Waals surface area contributed by atoms with E-state index in [1.54, 1.807) is 7.11 Å². The summed E-state index contributed by atoms with van der Waals surface area (Å²) < 4.78 is 6.25. The zero-order valence-corrected chi connectivity index (χ0v) is 12.3. The van der Waals surface area contributed by atoms with Gasteiger partial charge in [-0.3, -0.25) is 4.90 Å². The Morgan fingerprint density at radius 2 is 2.06 bits per heavy atom. The van der Waals surface area contributed by atoms with Gasteiger partial charge < -0.3 is 10.1 Å². The second-order valence-electron chi connectivity index (χ2n) is 4.00. The Balaban J connectivity index is 0.00000144. The first-order chi connectivity index (χ1) is 7.79. The van der Waals surface area contributed by atoms with Crippen molar-refractivity contribution in [3.63, 3.8) is 0 Å². The van der Waals surface area contributed by atoms with Crippen molar-refractivity contribution in [2.75, 3.05) is 33.3 Å². The lowest BCUT2D eigenvalue weighted by Crippen LogP contribution is -2.42. The van der Waals surface area contributed by atoms with Gasteiger partial charge in [0.15, 0.2) is 0 Å². The van der Waals surface area contributed by atoms with Crippen LogP contribution in [0, 0.1) is 0 Å². The van der Waals surface area contributed by atoms with E-state index >= 15 is 0 Å². The Labute approximate surface area is 117 Å². The Morgan fingerprint density at radius 1 is 1.35 bits per heavy atom. The topological polar surface area (TPSA) is 24.5 Å². The molecule has 5 heteroatoms. The summed E-state index contributed by atoms with van der Waals surface area (Å²) in [4.78, 5) is 2.46. The number of hydrogen-bond acceptors (Lipinski definition) is 3. The van der Waals surface area contributed by atoms with Crippen LogP contribution in [0.1, 0.15) is 5.56 Å². The first kappa shape index (κ1) is 14.8. The number of rotatable bonds is 3. The summed E-state index contributed by atoms with van der Waals surface area (Å²) in [6.07, 6.45) is 0. The Kier molecular flexibility index (Phi) is 6.27. The Hall–Kier alpha value is -0.290. The second-order valence-corrected chi connectivity index (χ2v) is 4.85. The van der Waals surface area contributed by atoms with E-state index in [2.05, 4.69) is 38.3 Å². The van der Waals surface area contributed by atoms with Crippen molar-refractivity contribution in [2.24, 2.45) is 0 Å². The van der Waals surface area contributed by atoms with Gasteiger partial charge in [0.2, 0.25) is 0 Å². The normalized spacial score (nSPS) is 16.4. The van der Waals surface area contributed by atoms with Crippen LogP contribution in [0.5, 0.6) is 5.75 Å². The summed E-state index contributed by atoms with van der Waals surface area (Å²) >= 11 is 3.52. The van der Waals surface area contributed by atoms with Crippen molar-refractivity contribution < 1.29 is 4.74 Å². The molecule has 1 aliphatic rings. The Bertz CT molecular complexity index is 356. The van der Waals surface area contributed by atoms with Crippen molar-refractivity contribution in [2.45, 2.75) is 6.54 Å². The number of ether oxygens (including phenoxy) is 1. The molecule has 0 aromatic heterocycles. The molecule has 1 heterocycles. The molecular weight excluding hydrogens is 304 g/mol. The average molecular weight is 322 g/mol. The van der Waals surface area contributed by atoms with Crippen LogP contribution in [-0.2, 0) is 6.54 Å². The summed E-state index contributed by atoms with van der Waals surface area (Å²) in [5.41, 5.74) is 1.33. The van der Waals surface area contributed by atoms with E-state index in [0.29, 0.717) is 0 Å². The summed E-state index contributed by atoms with van der Waals surface area (Å²) in [6, 6.07) is 6.29. The minimum Gasteiger partial charge on any atom is -0.496 e. The van der Waals surface area contributed by atoms with Crippen LogP contribution in [0.3, 0.4) is 0 Å². The molecule has 3 nitrogen and oxygen atoms in total. The van der Waals surface area contributed by atoms with Gasteiger partial charge in [-0.15, -0.1) is 12.4 Å². The molecule has 0 bridgehead atoms. The molecule has 0 aliphatic carbocycles. The van der Waals surface area contributed by atoms with Gasteiger partial charge in [0.1, 0.15) is 5.75 Å². The monoisotopic (exact) mass is 320 g/mol. The largest absolute Gasteiger partial charge is 0.496 e. The van der Waals surface area contributed by atoms with Crippen LogP contribution in [-0.4, -0.2) is 38.2 Å². The lowest BCUT2D eigenvalue weighted by Gasteiger charge is -2.27. The standard InChI is InChI=1S/C12H17BrN2O.ClH/c1-16-12-3-2-10(8-11(12)13)9-15-6-4-14-5-7-15;/h2-3,8,14H,4-7,9H2,1H3;1H. The van der Waals surface area contributed by atoms with E-state index in [9.17, 15) is 0 Å². The molecular formula is C12H18BrClN2O. The minimum absolute atomic E-state index is 0. The van der Waals surface area contributed by atoms with Crippen LogP contribution in [0.15, 0.2) is 22.7 Å². The smallest absolute Gasteiger partial charge is 0.133 e. The third kappa shape index (κ3) is 4.14. The van der Waals surface area contributed by atoms with E-state index in [1.807, 2.05) is 6.07 Å². The van der Waals surface area contributed by atoms with Gasteiger partial charge in [-0.05, 0) is 33.6 Å². The molecule has 0 radical (unpaired) electrons. The molecule has 0 atom stereocenters. The SMILES string of the molecule is COc1ccc(CN2CCNCC2)cc1Br.Cl. The number of hydrogen-bond donors (Lipinski definition) is 1. The fraction of sp³-hybridized carbons (Fsp3) is 0.500. The van der Waals surface area contributed by atoms with Gasteiger partial charge in [-0.2, -0.15) is 0 Å². The highest BCUT2D eigenvalue weighted by atomic mass is 79.9. The van der Waals surface area contributed by atoms with Crippen molar-refractivity contribution in [3.05, 3.63) is 28.2 Å². The number of benzene rings is 1. The minimum atomic E-state index is 0. The van der Waals surface area contributed by atoms with Crippen LogP contribution in [0.25, 0.3) is 0 Å². The van der Waals surface area contributed by atoms with Crippen LogP contribution >= 0.6 is 28.3 Å². The van der Waals surface area contributed by atoms with Gasteiger partial charge in [0, 0.05) is 32.7 Å². The molecule has 1 aliphatic heterocycles. The van der Waals surface area contributed by atoms with Crippen molar-refractivity contribution in [1.82, 2.24) is 10.2 Å². The lowest BCUT2D eigenvalue weighted by molar-refractivity contribution is 0.233. The maximum absolute atomic E-state index is 5.22. The molecule has 0 unspecified atom stereocenters. The summed E-state index contributed by atoms with van der Waals surface area (Å²) in [5, 5.41) is 3.36. The first-order valence-electron chi connectivity index (χ1n) is 5.55. The van der Waals surface area contributed by atoms with Crippen molar-refractivity contribution >= 4 is 28.3 Å². The summed E-state index contributed by atoms with van der Waals surface area (Å²) in [6.45, 7) is 5.46. The molecule has 1 saturated heterocycles. The molecule has 0 saturated carbocycles. The molecule has 17 heavy (non-hydrogen) atoms. The fourth-order valence-electron chi connectivity index (χ4n) is 1.94. The zero-order chi connectivity index (χ0) is 11.4. The number of piperazine rings is 1. The molecule has 1 aromatic carbocycles. The highest BCUT2D eigenvalue weighted by Crippen LogP contribution is 2.26. The number of methoxy groups -OCH3 is 1. The van der Waals surface area contributed by atoms with Gasteiger partial charge >= 0.3 is 0 Å². The zero-order valence-electron chi connectivity index (χ0n) is 9.91. The molecule has 0 spiro atoms. The molecule has 2 rings (SSSR count). The third-order valence-corrected chi connectivity index (χ3v) is 3.45. The van der Waals surface area contributed by atoms with E-state index in [0.717, 1.165) is 42.9 Å². The maximum atomic E-state index is 5.22. The van der Waals surface area contributed by atoms with Gasteiger partial charge in [-0.25, -0.2) is 0 Å². The van der Waals surface area contributed by atoms with Crippen LogP contribution in [0.2, 0.25) is 0 Å².